The smallest absolute Gasteiger partial charge is 0.250 e. The molecular weight excluding hydrogens is 288 g/mol. The highest BCUT2D eigenvalue weighted by Gasteiger charge is 2.39. The molecule has 0 bridgehead atoms. The fourth-order valence-corrected chi connectivity index (χ4v) is 2.37. The maximum atomic E-state index is 13.2. The lowest BCUT2D eigenvalue weighted by Crippen LogP contribution is -2.32. The van der Waals surface area contributed by atoms with E-state index in [4.69, 9.17) is 0 Å². The fraction of sp³-hybridized carbons (Fsp3) is 0.733. The average molecular weight is 313 g/mol. The van der Waals surface area contributed by atoms with Gasteiger partial charge in [0, 0.05) is 37.2 Å². The molecule has 2 rings (SSSR count). The molecule has 1 atom stereocenters. The van der Waals surface area contributed by atoms with Crippen molar-refractivity contribution in [2.24, 2.45) is 5.41 Å². The first-order valence-electron chi connectivity index (χ1n) is 7.62. The largest absolute Gasteiger partial charge is 0.367 e. The Balaban J connectivity index is 1.95. The van der Waals surface area contributed by atoms with Gasteiger partial charge < -0.3 is 5.32 Å². The first-order chi connectivity index (χ1) is 10.1. The van der Waals surface area contributed by atoms with Crippen LogP contribution in [0.2, 0.25) is 0 Å². The SMILES string of the molecule is Cc1cc(NC2CCC(F)(F)C2)nc(NNCC(C)(C)C)n1. The van der Waals surface area contributed by atoms with E-state index in [0.717, 1.165) is 12.2 Å². The van der Waals surface area contributed by atoms with E-state index in [1.165, 1.54) is 0 Å². The van der Waals surface area contributed by atoms with Gasteiger partial charge in [0.1, 0.15) is 5.82 Å². The van der Waals surface area contributed by atoms with Crippen LogP contribution >= 0.6 is 0 Å². The Hall–Kier alpha value is -1.50. The molecule has 1 aromatic rings. The van der Waals surface area contributed by atoms with Gasteiger partial charge in [0.2, 0.25) is 11.9 Å². The van der Waals surface area contributed by atoms with Gasteiger partial charge in [0.15, 0.2) is 0 Å². The van der Waals surface area contributed by atoms with Crippen LogP contribution in [-0.2, 0) is 0 Å². The number of hydrogen-bond acceptors (Lipinski definition) is 5. The highest BCUT2D eigenvalue weighted by molar-refractivity contribution is 5.42. The van der Waals surface area contributed by atoms with Crippen molar-refractivity contribution < 1.29 is 8.78 Å². The third-order valence-electron chi connectivity index (χ3n) is 3.43. The van der Waals surface area contributed by atoms with Crippen LogP contribution in [0, 0.1) is 12.3 Å². The summed E-state index contributed by atoms with van der Waals surface area (Å²) in [5.74, 6) is -1.54. The molecule has 1 saturated carbocycles. The lowest BCUT2D eigenvalue weighted by molar-refractivity contribution is 0.00852. The zero-order valence-corrected chi connectivity index (χ0v) is 13.6. The van der Waals surface area contributed by atoms with Gasteiger partial charge in [-0.1, -0.05) is 20.8 Å². The molecule has 0 aromatic carbocycles. The van der Waals surface area contributed by atoms with Crippen molar-refractivity contribution in [3.8, 4) is 0 Å². The summed E-state index contributed by atoms with van der Waals surface area (Å²) in [5, 5.41) is 3.09. The Labute approximate surface area is 130 Å². The molecule has 0 radical (unpaired) electrons. The third kappa shape index (κ3) is 5.36. The minimum Gasteiger partial charge on any atom is -0.367 e. The van der Waals surface area contributed by atoms with Crippen molar-refractivity contribution >= 4 is 11.8 Å². The zero-order chi connectivity index (χ0) is 16.4. The van der Waals surface area contributed by atoms with E-state index in [-0.39, 0.29) is 24.3 Å². The van der Waals surface area contributed by atoms with Gasteiger partial charge in [-0.2, -0.15) is 4.98 Å². The molecule has 1 unspecified atom stereocenters. The molecule has 22 heavy (non-hydrogen) atoms. The summed E-state index contributed by atoms with van der Waals surface area (Å²) < 4.78 is 26.5. The number of anilines is 2. The zero-order valence-electron chi connectivity index (χ0n) is 13.6. The Morgan fingerprint density at radius 1 is 1.32 bits per heavy atom. The monoisotopic (exact) mass is 313 g/mol. The summed E-state index contributed by atoms with van der Waals surface area (Å²) in [5.41, 5.74) is 6.96. The third-order valence-corrected chi connectivity index (χ3v) is 3.43. The fourth-order valence-electron chi connectivity index (χ4n) is 2.37. The number of aromatic nitrogens is 2. The highest BCUT2D eigenvalue weighted by atomic mass is 19.3. The molecule has 0 spiro atoms. The van der Waals surface area contributed by atoms with E-state index >= 15 is 0 Å². The highest BCUT2D eigenvalue weighted by Crippen LogP contribution is 2.36. The molecular formula is C15H25F2N5. The average Bonchev–Trinajstić information content (AvgIpc) is 2.66. The normalized spacial score (nSPS) is 20.9. The van der Waals surface area contributed by atoms with Crippen molar-refractivity contribution in [2.75, 3.05) is 17.3 Å². The molecule has 5 nitrogen and oxygen atoms in total. The maximum absolute atomic E-state index is 13.2. The van der Waals surface area contributed by atoms with Gasteiger partial charge in [-0.15, -0.1) is 0 Å². The van der Waals surface area contributed by atoms with Gasteiger partial charge in [0.05, 0.1) is 0 Å². The van der Waals surface area contributed by atoms with Crippen LogP contribution in [0.5, 0.6) is 0 Å². The van der Waals surface area contributed by atoms with Crippen molar-refractivity contribution in [3.05, 3.63) is 11.8 Å². The number of aryl methyl sites for hydroxylation is 1. The number of nitrogens with zero attached hydrogens (tertiary/aromatic N) is 2. The number of alkyl halides is 2. The van der Waals surface area contributed by atoms with Gasteiger partial charge in [-0.3, -0.25) is 5.43 Å². The van der Waals surface area contributed by atoms with Gasteiger partial charge in [-0.05, 0) is 18.8 Å². The van der Waals surface area contributed by atoms with E-state index in [1.54, 1.807) is 6.07 Å². The van der Waals surface area contributed by atoms with Crippen molar-refractivity contribution in [2.45, 2.75) is 58.9 Å². The van der Waals surface area contributed by atoms with Crippen molar-refractivity contribution in [1.29, 1.82) is 0 Å². The molecule has 1 fully saturated rings. The van der Waals surface area contributed by atoms with E-state index in [2.05, 4.69) is 46.9 Å². The Bertz CT molecular complexity index is 513. The standard InChI is InChI=1S/C15H25F2N5/c1-10-7-12(20-11-5-6-15(16,17)8-11)21-13(19-10)22-18-9-14(2,3)4/h7,11,18H,5-6,8-9H2,1-4H3,(H2,19,20,21,22). The second-order valence-corrected chi connectivity index (χ2v) is 7.20. The molecule has 0 saturated heterocycles. The predicted octanol–water partition coefficient (Wildman–Crippen LogP) is 3.35. The molecule has 1 heterocycles. The molecule has 0 aliphatic heterocycles. The van der Waals surface area contributed by atoms with Crippen LogP contribution in [0.1, 0.15) is 45.7 Å². The maximum Gasteiger partial charge on any atom is 0.250 e. The summed E-state index contributed by atoms with van der Waals surface area (Å²) in [4.78, 5) is 8.61. The molecule has 1 aliphatic rings. The Morgan fingerprint density at radius 2 is 2.05 bits per heavy atom. The van der Waals surface area contributed by atoms with Crippen LogP contribution in [0.15, 0.2) is 6.07 Å². The Kier molecular flexibility index (Phi) is 4.84. The number of halogens is 2. The summed E-state index contributed by atoms with van der Waals surface area (Å²) >= 11 is 0. The second-order valence-electron chi connectivity index (χ2n) is 7.20. The van der Waals surface area contributed by atoms with E-state index in [9.17, 15) is 8.78 Å². The number of hydrazine groups is 1. The lowest BCUT2D eigenvalue weighted by Gasteiger charge is -2.19. The van der Waals surface area contributed by atoms with Crippen LogP contribution in [0.4, 0.5) is 20.5 Å². The van der Waals surface area contributed by atoms with Crippen LogP contribution in [0.3, 0.4) is 0 Å². The number of hydrogen-bond donors (Lipinski definition) is 3. The quantitative estimate of drug-likeness (QED) is 0.728. The molecule has 7 heteroatoms. The molecule has 1 aromatic heterocycles. The van der Waals surface area contributed by atoms with Gasteiger partial charge in [0.25, 0.3) is 0 Å². The summed E-state index contributed by atoms with van der Waals surface area (Å²) in [6.45, 7) is 8.96. The second kappa shape index (κ2) is 6.32. The van der Waals surface area contributed by atoms with Crippen LogP contribution < -0.4 is 16.2 Å². The van der Waals surface area contributed by atoms with Gasteiger partial charge in [-0.25, -0.2) is 19.2 Å². The van der Waals surface area contributed by atoms with E-state index in [1.807, 2.05) is 6.92 Å². The van der Waals surface area contributed by atoms with E-state index in [0.29, 0.717) is 18.2 Å². The van der Waals surface area contributed by atoms with Crippen molar-refractivity contribution in [3.63, 3.8) is 0 Å². The minimum atomic E-state index is -2.56. The summed E-state index contributed by atoms with van der Waals surface area (Å²) in [6.07, 6.45) is 0.259. The summed E-state index contributed by atoms with van der Waals surface area (Å²) in [7, 11) is 0. The van der Waals surface area contributed by atoms with E-state index < -0.39 is 5.92 Å². The lowest BCUT2D eigenvalue weighted by atomic mass is 9.98. The molecule has 1 aliphatic carbocycles. The van der Waals surface area contributed by atoms with Crippen LogP contribution in [-0.4, -0.2) is 28.5 Å². The van der Waals surface area contributed by atoms with Crippen LogP contribution in [0.25, 0.3) is 0 Å². The summed E-state index contributed by atoms with van der Waals surface area (Å²) in [6, 6.07) is 1.53. The minimum absolute atomic E-state index is 0.0625. The predicted molar refractivity (Wildman–Crippen MR) is 84.1 cm³/mol. The number of rotatable bonds is 5. The topological polar surface area (TPSA) is 61.9 Å². The Morgan fingerprint density at radius 3 is 2.64 bits per heavy atom. The first-order valence-corrected chi connectivity index (χ1v) is 7.62. The first kappa shape index (κ1) is 16.9. The molecule has 124 valence electrons. The number of nitrogens with one attached hydrogen (secondary N) is 3. The van der Waals surface area contributed by atoms with Crippen molar-refractivity contribution in [1.82, 2.24) is 15.4 Å². The molecule has 0 amide bonds. The molecule has 3 N–H and O–H groups in total. The van der Waals surface area contributed by atoms with Gasteiger partial charge >= 0.3 is 0 Å².